The molecule has 98 valence electrons. The molecule has 0 spiro atoms. The highest BCUT2D eigenvalue weighted by Crippen LogP contribution is 2.17. The summed E-state index contributed by atoms with van der Waals surface area (Å²) in [5.74, 6) is -1.30. The van der Waals surface area contributed by atoms with Crippen molar-refractivity contribution in [2.24, 2.45) is 0 Å². The van der Waals surface area contributed by atoms with Crippen LogP contribution in [0.25, 0.3) is 5.69 Å². The van der Waals surface area contributed by atoms with Crippen LogP contribution >= 0.6 is 11.6 Å². The molecular formula is C13H10ClNO4. The zero-order chi connectivity index (χ0) is 14.0. The Morgan fingerprint density at radius 1 is 1.26 bits per heavy atom. The molecule has 1 heterocycles. The second-order valence-electron chi connectivity index (χ2n) is 3.72. The lowest BCUT2D eigenvalue weighted by Gasteiger charge is -2.09. The summed E-state index contributed by atoms with van der Waals surface area (Å²) in [5, 5.41) is 9.61. The van der Waals surface area contributed by atoms with Crippen molar-refractivity contribution >= 4 is 17.6 Å². The van der Waals surface area contributed by atoms with Gasteiger partial charge in [-0.1, -0.05) is 11.6 Å². The van der Waals surface area contributed by atoms with Gasteiger partial charge in [0.05, 0.1) is 7.11 Å². The lowest BCUT2D eigenvalue weighted by atomic mass is 10.2. The summed E-state index contributed by atoms with van der Waals surface area (Å²) in [6.45, 7) is 0. The Balaban J connectivity index is 2.66. The third-order valence-corrected chi connectivity index (χ3v) is 2.84. The normalized spacial score (nSPS) is 10.2. The third-order valence-electron chi connectivity index (χ3n) is 2.59. The van der Waals surface area contributed by atoms with E-state index in [0.29, 0.717) is 10.7 Å². The maximum absolute atomic E-state index is 12.1. The number of nitrogens with zero attached hydrogens (tertiary/aromatic N) is 1. The minimum absolute atomic E-state index is 0.0303. The number of pyridine rings is 1. The summed E-state index contributed by atoms with van der Waals surface area (Å²) in [5.41, 5.74) is -0.534. The van der Waals surface area contributed by atoms with Gasteiger partial charge in [0.25, 0.3) is 5.56 Å². The molecule has 0 radical (unpaired) electrons. The topological polar surface area (TPSA) is 68.5 Å². The van der Waals surface area contributed by atoms with Gasteiger partial charge in [-0.2, -0.15) is 0 Å². The largest absolute Gasteiger partial charge is 0.496 e. The molecule has 0 saturated heterocycles. The van der Waals surface area contributed by atoms with Gasteiger partial charge in [-0.3, -0.25) is 9.36 Å². The van der Waals surface area contributed by atoms with Crippen molar-refractivity contribution in [2.75, 3.05) is 7.11 Å². The van der Waals surface area contributed by atoms with Crippen LogP contribution in [0.2, 0.25) is 5.02 Å². The van der Waals surface area contributed by atoms with Crippen molar-refractivity contribution in [2.45, 2.75) is 0 Å². The van der Waals surface area contributed by atoms with E-state index >= 15 is 0 Å². The second kappa shape index (κ2) is 5.16. The second-order valence-corrected chi connectivity index (χ2v) is 4.15. The maximum atomic E-state index is 12.1. The summed E-state index contributed by atoms with van der Waals surface area (Å²) in [7, 11) is 1.31. The Morgan fingerprint density at radius 2 is 1.89 bits per heavy atom. The fraction of sp³-hybridized carbons (Fsp3) is 0.0769. The van der Waals surface area contributed by atoms with Crippen LogP contribution in [-0.2, 0) is 0 Å². The molecule has 6 heteroatoms. The van der Waals surface area contributed by atoms with Gasteiger partial charge in [0, 0.05) is 16.9 Å². The fourth-order valence-electron chi connectivity index (χ4n) is 1.69. The SMILES string of the molecule is COc1ccn(-c2ccc(Cl)cc2)c(=O)c1C(=O)O. The minimum atomic E-state index is -1.33. The predicted octanol–water partition coefficient (Wildman–Crippen LogP) is 2.20. The van der Waals surface area contributed by atoms with Gasteiger partial charge >= 0.3 is 5.97 Å². The highest BCUT2D eigenvalue weighted by atomic mass is 35.5. The molecule has 0 saturated carbocycles. The molecule has 1 aromatic carbocycles. The molecule has 0 unspecified atom stereocenters. The van der Waals surface area contributed by atoms with E-state index in [2.05, 4.69) is 0 Å². The highest BCUT2D eigenvalue weighted by Gasteiger charge is 2.18. The summed E-state index contributed by atoms with van der Waals surface area (Å²) < 4.78 is 6.11. The van der Waals surface area contributed by atoms with Gasteiger partial charge < -0.3 is 9.84 Å². The van der Waals surface area contributed by atoms with E-state index in [1.807, 2.05) is 0 Å². The molecule has 0 fully saturated rings. The summed E-state index contributed by atoms with van der Waals surface area (Å²) in [4.78, 5) is 23.3. The summed E-state index contributed by atoms with van der Waals surface area (Å²) >= 11 is 5.77. The Hall–Kier alpha value is -2.27. The molecule has 0 aliphatic carbocycles. The first-order valence-electron chi connectivity index (χ1n) is 5.33. The quantitative estimate of drug-likeness (QED) is 0.935. The van der Waals surface area contributed by atoms with Crippen LogP contribution in [-0.4, -0.2) is 22.8 Å². The lowest BCUT2D eigenvalue weighted by molar-refractivity contribution is 0.0691. The Bertz CT molecular complexity index is 676. The van der Waals surface area contributed by atoms with Crippen molar-refractivity contribution in [3.8, 4) is 11.4 Å². The van der Waals surface area contributed by atoms with Crippen molar-refractivity contribution in [1.82, 2.24) is 4.57 Å². The van der Waals surface area contributed by atoms with Gasteiger partial charge in [0.15, 0.2) is 5.56 Å². The number of carboxylic acid groups (broad SMARTS) is 1. The van der Waals surface area contributed by atoms with E-state index in [0.717, 1.165) is 0 Å². The molecule has 0 aliphatic rings. The van der Waals surface area contributed by atoms with Gasteiger partial charge in [-0.25, -0.2) is 4.79 Å². The van der Waals surface area contributed by atoms with E-state index < -0.39 is 17.1 Å². The maximum Gasteiger partial charge on any atom is 0.345 e. The van der Waals surface area contributed by atoms with Crippen LogP contribution in [0.15, 0.2) is 41.3 Å². The summed E-state index contributed by atoms with van der Waals surface area (Å²) in [6.07, 6.45) is 1.46. The fourth-order valence-corrected chi connectivity index (χ4v) is 1.82. The molecule has 0 amide bonds. The number of methoxy groups -OCH3 is 1. The minimum Gasteiger partial charge on any atom is -0.496 e. The van der Waals surface area contributed by atoms with Crippen LogP contribution in [0.5, 0.6) is 5.75 Å². The molecule has 0 bridgehead atoms. The molecule has 1 N–H and O–H groups in total. The van der Waals surface area contributed by atoms with Crippen LogP contribution in [0.1, 0.15) is 10.4 Å². The molecule has 5 nitrogen and oxygen atoms in total. The van der Waals surface area contributed by atoms with Crippen molar-refractivity contribution in [1.29, 1.82) is 0 Å². The number of carboxylic acids is 1. The summed E-state index contributed by atoms with van der Waals surface area (Å²) in [6, 6.07) is 7.92. The van der Waals surface area contributed by atoms with E-state index in [-0.39, 0.29) is 5.75 Å². The Labute approximate surface area is 113 Å². The number of aromatic carboxylic acids is 1. The van der Waals surface area contributed by atoms with Crippen LogP contribution in [0.4, 0.5) is 0 Å². The number of ether oxygens (including phenoxy) is 1. The average molecular weight is 280 g/mol. The Kier molecular flexibility index (Phi) is 3.57. The third kappa shape index (κ3) is 2.46. The van der Waals surface area contributed by atoms with Gasteiger partial charge in [0.1, 0.15) is 5.75 Å². The average Bonchev–Trinajstić information content (AvgIpc) is 2.39. The number of halogens is 1. The van der Waals surface area contributed by atoms with Crippen LogP contribution < -0.4 is 10.3 Å². The Morgan fingerprint density at radius 3 is 2.42 bits per heavy atom. The predicted molar refractivity (Wildman–Crippen MR) is 70.6 cm³/mol. The van der Waals surface area contributed by atoms with Crippen LogP contribution in [0.3, 0.4) is 0 Å². The van der Waals surface area contributed by atoms with Crippen LogP contribution in [0, 0.1) is 0 Å². The lowest BCUT2D eigenvalue weighted by Crippen LogP contribution is -2.25. The number of hydrogen-bond acceptors (Lipinski definition) is 3. The van der Waals surface area contributed by atoms with E-state index in [9.17, 15) is 9.59 Å². The monoisotopic (exact) mass is 279 g/mol. The molecular weight excluding hydrogens is 270 g/mol. The molecule has 0 aliphatic heterocycles. The molecule has 1 aromatic heterocycles. The van der Waals surface area contributed by atoms with Gasteiger partial charge in [0.2, 0.25) is 0 Å². The van der Waals surface area contributed by atoms with Crippen molar-refractivity contribution < 1.29 is 14.6 Å². The zero-order valence-electron chi connectivity index (χ0n) is 9.96. The molecule has 2 rings (SSSR count). The number of benzene rings is 1. The van der Waals surface area contributed by atoms with Crippen molar-refractivity contribution in [3.63, 3.8) is 0 Å². The first-order chi connectivity index (χ1) is 9.04. The van der Waals surface area contributed by atoms with Crippen molar-refractivity contribution in [3.05, 3.63) is 57.5 Å². The highest BCUT2D eigenvalue weighted by molar-refractivity contribution is 6.30. The van der Waals surface area contributed by atoms with E-state index in [4.69, 9.17) is 21.4 Å². The van der Waals surface area contributed by atoms with E-state index in [1.165, 1.54) is 23.9 Å². The molecule has 2 aromatic rings. The first kappa shape index (κ1) is 13.2. The molecule has 0 atom stereocenters. The number of carbonyl (C=O) groups is 1. The number of rotatable bonds is 3. The van der Waals surface area contributed by atoms with Gasteiger partial charge in [-0.05, 0) is 30.3 Å². The molecule has 19 heavy (non-hydrogen) atoms. The smallest absolute Gasteiger partial charge is 0.345 e. The zero-order valence-corrected chi connectivity index (χ0v) is 10.7. The first-order valence-corrected chi connectivity index (χ1v) is 5.71. The standard InChI is InChI=1S/C13H10ClNO4/c1-19-10-6-7-15(12(16)11(10)13(17)18)9-4-2-8(14)3-5-9/h2-7H,1H3,(H,17,18). The van der Waals surface area contributed by atoms with Gasteiger partial charge in [-0.15, -0.1) is 0 Å². The van der Waals surface area contributed by atoms with E-state index in [1.54, 1.807) is 24.3 Å². The number of hydrogen-bond donors (Lipinski definition) is 1. The number of aromatic nitrogens is 1.